The van der Waals surface area contributed by atoms with E-state index in [9.17, 15) is 20.4 Å². The van der Waals surface area contributed by atoms with Crippen LogP contribution < -0.4 is 10.1 Å². The standard InChI is InChI=1S/C18H29NO7/c1-18(2,3)19-8-9-24-17-15(23)16(14(22)13(10-20)26-17)25-12-6-4-11(21)5-7-12/h4-7,13-17,19-23H,8-10H2,1-3H3/t13?,14-,15?,16+,17+/m1/s1. The quantitative estimate of drug-likeness (QED) is 0.424. The average molecular weight is 371 g/mol. The van der Waals surface area contributed by atoms with E-state index in [0.29, 0.717) is 12.3 Å². The van der Waals surface area contributed by atoms with Crippen molar-refractivity contribution in [3.05, 3.63) is 24.3 Å². The van der Waals surface area contributed by atoms with Crippen molar-refractivity contribution >= 4 is 0 Å². The van der Waals surface area contributed by atoms with Crippen LogP contribution in [0.15, 0.2) is 24.3 Å². The van der Waals surface area contributed by atoms with Crippen molar-refractivity contribution in [3.8, 4) is 11.5 Å². The molecule has 1 aliphatic heterocycles. The first-order valence-electron chi connectivity index (χ1n) is 8.66. The molecule has 1 aromatic rings. The molecule has 0 amide bonds. The van der Waals surface area contributed by atoms with Crippen LogP contribution in [0.3, 0.4) is 0 Å². The van der Waals surface area contributed by atoms with Gasteiger partial charge in [-0.3, -0.25) is 0 Å². The van der Waals surface area contributed by atoms with Gasteiger partial charge in [-0.05, 0) is 45.0 Å². The van der Waals surface area contributed by atoms with Crippen LogP contribution in [-0.4, -0.2) is 76.4 Å². The molecule has 1 saturated heterocycles. The Bertz CT molecular complexity index is 545. The van der Waals surface area contributed by atoms with Gasteiger partial charge < -0.3 is 40.0 Å². The topological polar surface area (TPSA) is 121 Å². The van der Waals surface area contributed by atoms with Gasteiger partial charge in [0, 0.05) is 12.1 Å². The normalized spacial score (nSPS) is 29.5. The maximum absolute atomic E-state index is 10.5. The molecule has 0 radical (unpaired) electrons. The summed E-state index contributed by atoms with van der Waals surface area (Å²) in [5, 5.41) is 42.8. The summed E-state index contributed by atoms with van der Waals surface area (Å²) >= 11 is 0. The Kier molecular flexibility index (Phi) is 7.22. The van der Waals surface area contributed by atoms with Crippen LogP contribution in [0.4, 0.5) is 0 Å². The third-order valence-electron chi connectivity index (χ3n) is 3.97. The molecule has 0 bridgehead atoms. The molecule has 2 rings (SSSR count). The van der Waals surface area contributed by atoms with E-state index in [1.54, 1.807) is 0 Å². The smallest absolute Gasteiger partial charge is 0.187 e. The van der Waals surface area contributed by atoms with Crippen molar-refractivity contribution < 1.29 is 34.6 Å². The minimum Gasteiger partial charge on any atom is -0.508 e. The molecule has 1 aliphatic rings. The highest BCUT2D eigenvalue weighted by Crippen LogP contribution is 2.27. The van der Waals surface area contributed by atoms with Crippen molar-refractivity contribution in [2.75, 3.05) is 19.8 Å². The lowest BCUT2D eigenvalue weighted by Crippen LogP contribution is -2.61. The van der Waals surface area contributed by atoms with Gasteiger partial charge in [0.05, 0.1) is 13.2 Å². The van der Waals surface area contributed by atoms with Crippen molar-refractivity contribution in [1.82, 2.24) is 5.32 Å². The van der Waals surface area contributed by atoms with E-state index in [4.69, 9.17) is 14.2 Å². The SMILES string of the molecule is CC(C)(C)NCCO[C@H]1OC(CO)[C@@H](O)[C@H](Oc2ccc(O)cc2)C1O. The maximum Gasteiger partial charge on any atom is 0.187 e. The highest BCUT2D eigenvalue weighted by molar-refractivity contribution is 5.30. The van der Waals surface area contributed by atoms with Crippen LogP contribution >= 0.6 is 0 Å². The Morgan fingerprint density at radius 3 is 2.35 bits per heavy atom. The Hall–Kier alpha value is -1.42. The van der Waals surface area contributed by atoms with E-state index in [-0.39, 0.29) is 17.9 Å². The molecule has 1 fully saturated rings. The molecule has 26 heavy (non-hydrogen) atoms. The zero-order valence-electron chi connectivity index (χ0n) is 15.3. The lowest BCUT2D eigenvalue weighted by molar-refractivity contribution is -0.296. The molecular formula is C18H29NO7. The predicted molar refractivity (Wildman–Crippen MR) is 94.0 cm³/mol. The number of aliphatic hydroxyl groups excluding tert-OH is 3. The highest BCUT2D eigenvalue weighted by atomic mass is 16.7. The van der Waals surface area contributed by atoms with Crippen LogP contribution in [0.1, 0.15) is 20.8 Å². The van der Waals surface area contributed by atoms with Crippen LogP contribution in [0.5, 0.6) is 11.5 Å². The van der Waals surface area contributed by atoms with Crippen LogP contribution in [-0.2, 0) is 9.47 Å². The number of aromatic hydroxyl groups is 1. The lowest BCUT2D eigenvalue weighted by Gasteiger charge is -2.41. The second-order valence-corrected chi connectivity index (χ2v) is 7.33. The summed E-state index contributed by atoms with van der Waals surface area (Å²) in [6.45, 7) is 6.46. The summed E-state index contributed by atoms with van der Waals surface area (Å²) in [7, 11) is 0. The molecule has 8 heteroatoms. The molecule has 5 atom stereocenters. The summed E-state index contributed by atoms with van der Waals surface area (Å²) in [5.41, 5.74) is -0.0657. The minimum atomic E-state index is -1.25. The number of benzene rings is 1. The number of rotatable bonds is 7. The fraction of sp³-hybridized carbons (Fsp3) is 0.667. The first kappa shape index (κ1) is 20.9. The average Bonchev–Trinajstić information content (AvgIpc) is 2.58. The molecule has 1 aromatic carbocycles. The number of nitrogens with one attached hydrogen (secondary N) is 1. The first-order chi connectivity index (χ1) is 12.2. The lowest BCUT2D eigenvalue weighted by atomic mass is 9.99. The molecule has 0 aromatic heterocycles. The molecule has 8 nitrogen and oxygen atoms in total. The zero-order valence-corrected chi connectivity index (χ0v) is 15.3. The Morgan fingerprint density at radius 2 is 1.77 bits per heavy atom. The molecule has 5 N–H and O–H groups in total. The number of hydrogen-bond acceptors (Lipinski definition) is 8. The molecule has 148 valence electrons. The van der Waals surface area contributed by atoms with Crippen molar-refractivity contribution in [2.45, 2.75) is 57.0 Å². The van der Waals surface area contributed by atoms with Gasteiger partial charge in [0.15, 0.2) is 12.4 Å². The van der Waals surface area contributed by atoms with E-state index in [0.717, 1.165) is 0 Å². The summed E-state index contributed by atoms with van der Waals surface area (Å²) < 4.78 is 16.7. The third-order valence-corrected chi connectivity index (χ3v) is 3.97. The van der Waals surface area contributed by atoms with Gasteiger partial charge in [-0.2, -0.15) is 0 Å². The Balaban J connectivity index is 2.00. The number of ether oxygens (including phenoxy) is 3. The predicted octanol–water partition coefficient (Wildman–Crippen LogP) is -0.0167. The first-order valence-corrected chi connectivity index (χ1v) is 8.66. The molecule has 0 aliphatic carbocycles. The van der Waals surface area contributed by atoms with Gasteiger partial charge in [-0.1, -0.05) is 0 Å². The van der Waals surface area contributed by atoms with E-state index >= 15 is 0 Å². The fourth-order valence-electron chi connectivity index (χ4n) is 2.61. The van der Waals surface area contributed by atoms with E-state index in [2.05, 4.69) is 5.32 Å². The minimum absolute atomic E-state index is 0.0657. The molecule has 0 saturated carbocycles. The molecular weight excluding hydrogens is 342 g/mol. The molecule has 1 heterocycles. The monoisotopic (exact) mass is 371 g/mol. The number of hydrogen-bond donors (Lipinski definition) is 5. The highest BCUT2D eigenvalue weighted by Gasteiger charge is 2.46. The van der Waals surface area contributed by atoms with Crippen molar-refractivity contribution in [3.63, 3.8) is 0 Å². The van der Waals surface area contributed by atoms with Gasteiger partial charge in [0.1, 0.15) is 29.8 Å². The summed E-state index contributed by atoms with van der Waals surface area (Å²) in [6.07, 6.45) is -5.53. The van der Waals surface area contributed by atoms with Gasteiger partial charge in [-0.25, -0.2) is 0 Å². The van der Waals surface area contributed by atoms with E-state index < -0.39 is 37.3 Å². The van der Waals surface area contributed by atoms with Crippen molar-refractivity contribution in [1.29, 1.82) is 0 Å². The van der Waals surface area contributed by atoms with E-state index in [1.165, 1.54) is 24.3 Å². The zero-order chi connectivity index (χ0) is 19.3. The molecule has 2 unspecified atom stereocenters. The number of phenols is 1. The largest absolute Gasteiger partial charge is 0.508 e. The van der Waals surface area contributed by atoms with Gasteiger partial charge >= 0.3 is 0 Å². The summed E-state index contributed by atoms with van der Waals surface area (Å²) in [6, 6.07) is 5.90. The second-order valence-electron chi connectivity index (χ2n) is 7.33. The number of aliphatic hydroxyl groups is 3. The van der Waals surface area contributed by atoms with Gasteiger partial charge in [0.2, 0.25) is 0 Å². The number of phenolic OH excluding ortho intramolecular Hbond substituents is 1. The van der Waals surface area contributed by atoms with Gasteiger partial charge in [-0.15, -0.1) is 0 Å². The second kappa shape index (κ2) is 8.98. The summed E-state index contributed by atoms with van der Waals surface area (Å²) in [5.74, 6) is 0.434. The third kappa shape index (κ3) is 5.80. The van der Waals surface area contributed by atoms with Gasteiger partial charge in [0.25, 0.3) is 0 Å². The Morgan fingerprint density at radius 1 is 1.12 bits per heavy atom. The van der Waals surface area contributed by atoms with Crippen LogP contribution in [0.25, 0.3) is 0 Å². The van der Waals surface area contributed by atoms with E-state index in [1.807, 2.05) is 20.8 Å². The van der Waals surface area contributed by atoms with Crippen LogP contribution in [0, 0.1) is 0 Å². The summed E-state index contributed by atoms with van der Waals surface area (Å²) in [4.78, 5) is 0. The fourth-order valence-corrected chi connectivity index (χ4v) is 2.61. The van der Waals surface area contributed by atoms with Crippen LogP contribution in [0.2, 0.25) is 0 Å². The van der Waals surface area contributed by atoms with Crippen molar-refractivity contribution in [2.24, 2.45) is 0 Å². The molecule has 0 spiro atoms. The Labute approximate surface area is 153 Å². The maximum atomic E-state index is 10.5.